The number of guanidine groups is 5. The summed E-state index contributed by atoms with van der Waals surface area (Å²) >= 11 is 28.4. The second kappa shape index (κ2) is 32.6. The van der Waals surface area contributed by atoms with E-state index >= 15 is 0 Å². The molecule has 0 spiro atoms. The van der Waals surface area contributed by atoms with E-state index in [1.165, 1.54) is 61.3 Å². The van der Waals surface area contributed by atoms with Gasteiger partial charge in [0.1, 0.15) is 16.8 Å². The molecular weight excluding hydrogens is 997 g/mol. The SMILES string of the molecule is NC(N)=N/N=C/c1cc(Cl)ccc1Cl.NC(N)=N/N=C/c1ccc(Cl)nc1F.NC(N)=N/N=C/c1cccc(Cl)c1.NC(N)=N/N=C/c1cccc(F)c1.NC(N)=N/N=C/c1cccc(F)c1Cl. The minimum absolute atomic E-state index is 0.0120. The Kier molecular flexibility index (Phi) is 27.8. The van der Waals surface area contributed by atoms with Gasteiger partial charge in [-0.1, -0.05) is 94.4 Å². The first-order valence-corrected chi connectivity index (χ1v) is 19.9. The molecule has 29 heteroatoms. The Morgan fingerprint density at radius 1 is 0.426 bits per heavy atom. The Labute approximate surface area is 411 Å². The van der Waals surface area contributed by atoms with Crippen LogP contribution in [0.3, 0.4) is 0 Å². The lowest BCUT2D eigenvalue weighted by atomic mass is 10.2. The highest BCUT2D eigenvalue weighted by atomic mass is 35.5. The van der Waals surface area contributed by atoms with E-state index in [1.807, 2.05) is 12.1 Å². The monoisotopic (exact) mass is 1040 g/mol. The van der Waals surface area contributed by atoms with Crippen LogP contribution in [0, 0.1) is 17.6 Å². The molecule has 20 N–H and O–H groups in total. The first kappa shape index (κ1) is 58.0. The number of nitrogens with two attached hydrogens (primary N) is 10. The van der Waals surface area contributed by atoms with Crippen LogP contribution in [-0.4, -0.2) is 65.9 Å². The molecule has 68 heavy (non-hydrogen) atoms. The molecule has 5 rings (SSSR count). The molecule has 0 aliphatic rings. The maximum atomic E-state index is 13.0. The standard InChI is InChI=1S/C8H8Cl2N4.C8H8ClFN4.C8H9ClN4.C8H9FN4.C7H7ClFN5/c9-6-1-2-7(10)5(3-6)4-13-14-8(11)12;9-7-5(2-1-3-6(7)10)4-13-14-8(11)12;2*9-7-3-1-2-6(4-7)5-12-13-8(10)11;8-5-2-1-4(6(9)13-5)3-12-14-7(10)11/h2*1-4H,(H4,11,12,14);2*1-5H,(H4,10,11,13);1-3H,(H4,10,11,14)/b2*13-4+;2*12-5+;12-3+. The van der Waals surface area contributed by atoms with Crippen molar-refractivity contribution in [2.45, 2.75) is 0 Å². The Balaban J connectivity index is 0.000000425. The molecule has 5 aromatic rings. The third-order valence-electron chi connectivity index (χ3n) is 6.35. The Morgan fingerprint density at radius 2 is 0.868 bits per heavy atom. The molecule has 358 valence electrons. The normalized spacial score (nSPS) is 10.4. The summed E-state index contributed by atoms with van der Waals surface area (Å²) in [5.74, 6) is -2.26. The summed E-state index contributed by atoms with van der Waals surface area (Å²) in [5, 5.41) is 36.4. The average Bonchev–Trinajstić information content (AvgIpc) is 3.25. The van der Waals surface area contributed by atoms with Gasteiger partial charge in [0.25, 0.3) is 0 Å². The highest BCUT2D eigenvalue weighted by Crippen LogP contribution is 2.19. The van der Waals surface area contributed by atoms with E-state index in [-0.39, 0.29) is 51.4 Å². The van der Waals surface area contributed by atoms with Crippen molar-refractivity contribution < 1.29 is 13.2 Å². The zero-order valence-electron chi connectivity index (χ0n) is 34.8. The summed E-state index contributed by atoms with van der Waals surface area (Å²) in [5.41, 5.74) is 53.1. The third kappa shape index (κ3) is 28.0. The van der Waals surface area contributed by atoms with E-state index in [0.717, 1.165) is 11.8 Å². The van der Waals surface area contributed by atoms with Crippen molar-refractivity contribution >= 4 is 119 Å². The van der Waals surface area contributed by atoms with Gasteiger partial charge in [0.15, 0.2) is 0 Å². The van der Waals surface area contributed by atoms with Crippen LogP contribution in [0.25, 0.3) is 0 Å². The van der Waals surface area contributed by atoms with E-state index in [9.17, 15) is 13.2 Å². The number of nitrogens with zero attached hydrogens (tertiary/aromatic N) is 11. The number of pyridine rings is 1. The van der Waals surface area contributed by atoms with Gasteiger partial charge in [-0.15, -0.1) is 25.5 Å². The van der Waals surface area contributed by atoms with Crippen LogP contribution in [0.4, 0.5) is 13.2 Å². The van der Waals surface area contributed by atoms with Crippen molar-refractivity contribution in [2.75, 3.05) is 0 Å². The number of hydrogen-bond acceptors (Lipinski definition) is 11. The topological polar surface area (TPSA) is 397 Å². The fraction of sp³-hybridized carbons (Fsp3) is 0. The van der Waals surface area contributed by atoms with Crippen molar-refractivity contribution in [2.24, 2.45) is 108 Å². The first-order chi connectivity index (χ1) is 32.2. The molecule has 0 unspecified atom stereocenters. The van der Waals surface area contributed by atoms with Gasteiger partial charge in [-0.2, -0.15) is 29.9 Å². The predicted octanol–water partition coefficient (Wildman–Crippen LogP) is 4.55. The van der Waals surface area contributed by atoms with Crippen molar-refractivity contribution in [1.82, 2.24) is 4.98 Å². The van der Waals surface area contributed by atoms with Gasteiger partial charge in [0, 0.05) is 31.8 Å². The summed E-state index contributed by atoms with van der Waals surface area (Å²) in [6, 6.07) is 25.3. The summed E-state index contributed by atoms with van der Waals surface area (Å²) in [6.45, 7) is 0. The molecule has 1 heterocycles. The Bertz CT molecular complexity index is 2590. The molecule has 0 bridgehead atoms. The van der Waals surface area contributed by atoms with E-state index in [0.29, 0.717) is 31.8 Å². The van der Waals surface area contributed by atoms with Gasteiger partial charge in [0.2, 0.25) is 35.7 Å². The largest absolute Gasteiger partial charge is 0.369 e. The van der Waals surface area contributed by atoms with E-state index < -0.39 is 11.8 Å². The van der Waals surface area contributed by atoms with E-state index in [1.54, 1.807) is 48.5 Å². The average molecular weight is 1040 g/mol. The molecule has 0 fully saturated rings. The molecule has 21 nitrogen and oxygen atoms in total. The van der Waals surface area contributed by atoms with Crippen LogP contribution < -0.4 is 57.3 Å². The smallest absolute Gasteiger partial charge is 0.223 e. The van der Waals surface area contributed by atoms with Gasteiger partial charge in [-0.3, -0.25) is 0 Å². The molecule has 1 aromatic heterocycles. The molecule has 0 saturated heterocycles. The minimum atomic E-state index is -0.730. The lowest BCUT2D eigenvalue weighted by Crippen LogP contribution is -2.21. The number of aromatic nitrogens is 1. The highest BCUT2D eigenvalue weighted by Gasteiger charge is 2.03. The summed E-state index contributed by atoms with van der Waals surface area (Å²) in [7, 11) is 0. The quantitative estimate of drug-likeness (QED) is 0.0400. The number of rotatable bonds is 10. The fourth-order valence-electron chi connectivity index (χ4n) is 3.72. The highest BCUT2D eigenvalue weighted by molar-refractivity contribution is 6.35. The molecule has 0 aliphatic carbocycles. The second-order valence-electron chi connectivity index (χ2n) is 11.8. The van der Waals surface area contributed by atoms with Crippen LogP contribution in [0.1, 0.15) is 27.8 Å². The Hall–Kier alpha value is -8.03. The summed E-state index contributed by atoms with van der Waals surface area (Å²) in [6.07, 6.45) is 6.71. The van der Waals surface area contributed by atoms with Crippen LogP contribution in [0.2, 0.25) is 25.2 Å². The summed E-state index contributed by atoms with van der Waals surface area (Å²) in [4.78, 5) is 3.37. The van der Waals surface area contributed by atoms with E-state index in [4.69, 9.17) is 115 Å². The van der Waals surface area contributed by atoms with Gasteiger partial charge in [-0.05, 0) is 71.8 Å². The fourth-order valence-corrected chi connectivity index (χ4v) is 4.58. The molecule has 4 aromatic carbocycles. The third-order valence-corrected chi connectivity index (χ3v) is 7.77. The summed E-state index contributed by atoms with van der Waals surface area (Å²) < 4.78 is 38.5. The lowest BCUT2D eigenvalue weighted by molar-refractivity contribution is 0.582. The van der Waals surface area contributed by atoms with Crippen molar-refractivity contribution in [1.29, 1.82) is 0 Å². The Morgan fingerprint density at radius 3 is 1.35 bits per heavy atom. The van der Waals surface area contributed by atoms with Crippen LogP contribution in [0.5, 0.6) is 0 Å². The molecular formula is C39H41Cl5F3N21. The van der Waals surface area contributed by atoms with Crippen molar-refractivity contribution in [3.8, 4) is 0 Å². The van der Waals surface area contributed by atoms with Gasteiger partial charge in [0.05, 0.1) is 36.1 Å². The molecule has 0 saturated carbocycles. The molecule has 0 aliphatic heterocycles. The van der Waals surface area contributed by atoms with Crippen molar-refractivity contribution in [3.63, 3.8) is 0 Å². The van der Waals surface area contributed by atoms with Crippen LogP contribution in [-0.2, 0) is 0 Å². The maximum Gasteiger partial charge on any atom is 0.223 e. The predicted molar refractivity (Wildman–Crippen MR) is 272 cm³/mol. The van der Waals surface area contributed by atoms with Gasteiger partial charge < -0.3 is 57.3 Å². The molecule has 0 atom stereocenters. The number of benzene rings is 4. The zero-order valence-corrected chi connectivity index (χ0v) is 38.6. The molecule has 0 amide bonds. The lowest BCUT2D eigenvalue weighted by Gasteiger charge is -1.96. The van der Waals surface area contributed by atoms with Crippen molar-refractivity contribution in [3.05, 3.63) is 168 Å². The van der Waals surface area contributed by atoms with Crippen LogP contribution >= 0.6 is 58.0 Å². The first-order valence-electron chi connectivity index (χ1n) is 18.0. The molecule has 0 radical (unpaired) electrons. The zero-order chi connectivity index (χ0) is 51.0. The van der Waals surface area contributed by atoms with Gasteiger partial charge >= 0.3 is 0 Å². The maximum absolute atomic E-state index is 13.0. The number of hydrogen-bond donors (Lipinski definition) is 10. The van der Waals surface area contributed by atoms with Gasteiger partial charge in [-0.25, -0.2) is 13.8 Å². The van der Waals surface area contributed by atoms with Crippen LogP contribution in [0.15, 0.2) is 148 Å². The minimum Gasteiger partial charge on any atom is -0.369 e. The number of halogens is 8. The van der Waals surface area contributed by atoms with E-state index in [2.05, 4.69) is 56.0 Å². The second-order valence-corrected chi connectivity index (χ2v) is 13.8.